The highest BCUT2D eigenvalue weighted by Crippen LogP contribution is 2.26. The quantitative estimate of drug-likeness (QED) is 0.700. The molecule has 0 atom stereocenters. The molecule has 0 bridgehead atoms. The fourth-order valence-corrected chi connectivity index (χ4v) is 2.60. The second-order valence-electron chi connectivity index (χ2n) is 5.65. The maximum atomic E-state index is 4.83. The Morgan fingerprint density at radius 2 is 1.36 bits per heavy atom. The molecule has 0 fully saturated rings. The lowest BCUT2D eigenvalue weighted by Crippen LogP contribution is -1.99. The number of nitrogens with zero attached hydrogens (tertiary/aromatic N) is 3. The van der Waals surface area contributed by atoms with Crippen LogP contribution in [0.25, 0.3) is 22.8 Å². The monoisotopic (exact) mass is 289 g/mol. The summed E-state index contributed by atoms with van der Waals surface area (Å²) in [7, 11) is 0. The average molecular weight is 289 g/mol. The molecule has 2 aromatic heterocycles. The zero-order valence-electron chi connectivity index (χ0n) is 13.4. The van der Waals surface area contributed by atoms with Crippen LogP contribution in [0.1, 0.15) is 22.5 Å². The molecule has 0 radical (unpaired) electrons. The third-order valence-corrected chi connectivity index (χ3v) is 3.71. The second-order valence-corrected chi connectivity index (χ2v) is 5.65. The molecule has 2 heterocycles. The van der Waals surface area contributed by atoms with Crippen molar-refractivity contribution in [2.24, 2.45) is 0 Å². The summed E-state index contributed by atoms with van der Waals surface area (Å²) in [6.45, 7) is 8.12. The Labute approximate surface area is 131 Å². The molecule has 3 rings (SSSR count). The number of pyridine rings is 1. The van der Waals surface area contributed by atoms with Gasteiger partial charge in [0.1, 0.15) is 5.69 Å². The average Bonchev–Trinajstić information content (AvgIpc) is 2.47. The van der Waals surface area contributed by atoms with E-state index < -0.39 is 0 Å². The Morgan fingerprint density at radius 3 is 2.05 bits per heavy atom. The molecule has 0 saturated carbocycles. The molecule has 0 aliphatic rings. The summed E-state index contributed by atoms with van der Waals surface area (Å²) >= 11 is 0. The lowest BCUT2D eigenvalue weighted by molar-refractivity contribution is 1.04. The summed E-state index contributed by atoms with van der Waals surface area (Å²) in [5, 5.41) is 0. The van der Waals surface area contributed by atoms with Crippen molar-refractivity contribution in [2.45, 2.75) is 27.7 Å². The first-order chi connectivity index (χ1) is 10.5. The highest BCUT2D eigenvalue weighted by Gasteiger charge is 2.11. The molecule has 0 saturated heterocycles. The Kier molecular flexibility index (Phi) is 3.72. The number of benzene rings is 1. The van der Waals surface area contributed by atoms with Gasteiger partial charge < -0.3 is 0 Å². The zero-order valence-corrected chi connectivity index (χ0v) is 13.4. The lowest BCUT2D eigenvalue weighted by Gasteiger charge is -2.10. The van der Waals surface area contributed by atoms with Crippen LogP contribution in [0.2, 0.25) is 0 Å². The first-order valence-corrected chi connectivity index (χ1v) is 7.41. The molecule has 0 spiro atoms. The Morgan fingerprint density at radius 1 is 0.682 bits per heavy atom. The van der Waals surface area contributed by atoms with Gasteiger partial charge in [0.15, 0.2) is 5.82 Å². The van der Waals surface area contributed by atoms with Crippen molar-refractivity contribution in [2.75, 3.05) is 0 Å². The van der Waals surface area contributed by atoms with E-state index in [2.05, 4.69) is 41.2 Å². The van der Waals surface area contributed by atoms with Gasteiger partial charge in [-0.3, -0.25) is 0 Å². The molecular formula is C19H19N3. The van der Waals surface area contributed by atoms with E-state index in [1.54, 1.807) is 0 Å². The van der Waals surface area contributed by atoms with Crippen LogP contribution in [-0.4, -0.2) is 15.0 Å². The highest BCUT2D eigenvalue weighted by molar-refractivity contribution is 5.67. The number of aromatic nitrogens is 3. The Balaban J connectivity index is 2.17. The van der Waals surface area contributed by atoms with Gasteiger partial charge in [-0.2, -0.15) is 0 Å². The SMILES string of the molecule is Cc1cc(C)nc(-c2nc(-c3ccccc3C)ccc2C)n1. The summed E-state index contributed by atoms with van der Waals surface area (Å²) in [5.74, 6) is 0.699. The second kappa shape index (κ2) is 5.68. The molecule has 1 aromatic carbocycles. The van der Waals surface area contributed by atoms with Crippen LogP contribution in [0.15, 0.2) is 42.5 Å². The van der Waals surface area contributed by atoms with Gasteiger partial charge in [-0.1, -0.05) is 30.3 Å². The highest BCUT2D eigenvalue weighted by atomic mass is 14.9. The zero-order chi connectivity index (χ0) is 15.7. The van der Waals surface area contributed by atoms with Gasteiger partial charge in [0.25, 0.3) is 0 Å². The van der Waals surface area contributed by atoms with Crippen LogP contribution < -0.4 is 0 Å². The summed E-state index contributed by atoms with van der Waals surface area (Å²) in [6, 6.07) is 14.4. The maximum Gasteiger partial charge on any atom is 0.178 e. The van der Waals surface area contributed by atoms with Crippen molar-refractivity contribution in [3.05, 3.63) is 65.0 Å². The van der Waals surface area contributed by atoms with Crippen LogP contribution in [0.5, 0.6) is 0 Å². The molecule has 0 aliphatic heterocycles. The first kappa shape index (κ1) is 14.4. The molecule has 3 aromatic rings. The Bertz CT molecular complexity index is 818. The van der Waals surface area contributed by atoms with Crippen molar-refractivity contribution in [3.8, 4) is 22.8 Å². The van der Waals surface area contributed by atoms with Gasteiger partial charge in [-0.05, 0) is 51.0 Å². The Hall–Kier alpha value is -2.55. The summed E-state index contributed by atoms with van der Waals surface area (Å²) in [5.41, 5.74) is 7.19. The van der Waals surface area contributed by atoms with E-state index in [4.69, 9.17) is 4.98 Å². The van der Waals surface area contributed by atoms with Crippen LogP contribution in [0.3, 0.4) is 0 Å². The van der Waals surface area contributed by atoms with Gasteiger partial charge in [0.2, 0.25) is 0 Å². The predicted octanol–water partition coefficient (Wildman–Crippen LogP) is 4.44. The molecule has 22 heavy (non-hydrogen) atoms. The van der Waals surface area contributed by atoms with Crippen molar-refractivity contribution >= 4 is 0 Å². The van der Waals surface area contributed by atoms with Crippen molar-refractivity contribution in [3.63, 3.8) is 0 Å². The van der Waals surface area contributed by atoms with E-state index in [9.17, 15) is 0 Å². The smallest absolute Gasteiger partial charge is 0.178 e. The van der Waals surface area contributed by atoms with E-state index in [-0.39, 0.29) is 0 Å². The van der Waals surface area contributed by atoms with E-state index in [1.807, 2.05) is 39.0 Å². The molecular weight excluding hydrogens is 270 g/mol. The summed E-state index contributed by atoms with van der Waals surface area (Å²) < 4.78 is 0. The molecule has 3 heteroatoms. The number of hydrogen-bond donors (Lipinski definition) is 0. The lowest BCUT2D eigenvalue weighted by atomic mass is 10.0. The minimum Gasteiger partial charge on any atom is -0.244 e. The fraction of sp³-hybridized carbons (Fsp3) is 0.211. The molecule has 0 aliphatic carbocycles. The normalized spacial score (nSPS) is 10.7. The van der Waals surface area contributed by atoms with E-state index in [1.165, 1.54) is 5.56 Å². The third kappa shape index (κ3) is 2.75. The largest absolute Gasteiger partial charge is 0.244 e. The van der Waals surface area contributed by atoms with Crippen molar-refractivity contribution in [1.29, 1.82) is 0 Å². The van der Waals surface area contributed by atoms with Crippen LogP contribution in [0.4, 0.5) is 0 Å². The number of aryl methyl sites for hydroxylation is 4. The van der Waals surface area contributed by atoms with Crippen LogP contribution in [-0.2, 0) is 0 Å². The molecule has 0 N–H and O–H groups in total. The minimum atomic E-state index is 0.699. The van der Waals surface area contributed by atoms with Gasteiger partial charge >= 0.3 is 0 Å². The number of rotatable bonds is 2. The van der Waals surface area contributed by atoms with Gasteiger partial charge in [-0.15, -0.1) is 0 Å². The molecule has 0 unspecified atom stereocenters. The standard InChI is InChI=1S/C19H19N3/c1-12-7-5-6-8-16(12)17-10-9-13(2)18(22-17)19-20-14(3)11-15(4)21-19/h5-11H,1-4H3. The predicted molar refractivity (Wildman–Crippen MR) is 89.6 cm³/mol. The maximum absolute atomic E-state index is 4.83. The molecule has 110 valence electrons. The number of hydrogen-bond acceptors (Lipinski definition) is 3. The topological polar surface area (TPSA) is 38.7 Å². The van der Waals surface area contributed by atoms with Crippen LogP contribution >= 0.6 is 0 Å². The van der Waals surface area contributed by atoms with E-state index >= 15 is 0 Å². The van der Waals surface area contributed by atoms with E-state index in [0.717, 1.165) is 33.9 Å². The third-order valence-electron chi connectivity index (χ3n) is 3.71. The summed E-state index contributed by atoms with van der Waals surface area (Å²) in [4.78, 5) is 13.9. The van der Waals surface area contributed by atoms with Crippen molar-refractivity contribution in [1.82, 2.24) is 15.0 Å². The van der Waals surface area contributed by atoms with E-state index in [0.29, 0.717) is 5.82 Å². The van der Waals surface area contributed by atoms with Crippen molar-refractivity contribution < 1.29 is 0 Å². The van der Waals surface area contributed by atoms with Crippen LogP contribution in [0, 0.1) is 27.7 Å². The van der Waals surface area contributed by atoms with Gasteiger partial charge in [-0.25, -0.2) is 15.0 Å². The minimum absolute atomic E-state index is 0.699. The van der Waals surface area contributed by atoms with Gasteiger partial charge in [0.05, 0.1) is 5.69 Å². The summed E-state index contributed by atoms with van der Waals surface area (Å²) in [6.07, 6.45) is 0. The molecule has 0 amide bonds. The fourth-order valence-electron chi connectivity index (χ4n) is 2.60. The van der Waals surface area contributed by atoms with Gasteiger partial charge in [0, 0.05) is 17.0 Å². The molecule has 3 nitrogen and oxygen atoms in total. The first-order valence-electron chi connectivity index (χ1n) is 7.41.